The molecule has 0 aromatic heterocycles. The van der Waals surface area contributed by atoms with Crippen molar-refractivity contribution in [1.29, 1.82) is 0 Å². The van der Waals surface area contributed by atoms with Crippen molar-refractivity contribution >= 4 is 23.6 Å². The van der Waals surface area contributed by atoms with Crippen molar-refractivity contribution in [2.24, 2.45) is 0 Å². The molecule has 2 unspecified atom stereocenters. The third-order valence-electron chi connectivity index (χ3n) is 2.20. The second-order valence-electron chi connectivity index (χ2n) is 3.54. The van der Waals surface area contributed by atoms with Gasteiger partial charge in [-0.2, -0.15) is 0 Å². The molecule has 1 heterocycles. The third kappa shape index (κ3) is 4.40. The first kappa shape index (κ1) is 13.3. The summed E-state index contributed by atoms with van der Waals surface area (Å²) < 4.78 is 4.76. The van der Waals surface area contributed by atoms with Gasteiger partial charge in [0.1, 0.15) is 0 Å². The van der Waals surface area contributed by atoms with Crippen LogP contribution in [-0.2, 0) is 14.3 Å². The zero-order chi connectivity index (χ0) is 12.0. The van der Waals surface area contributed by atoms with E-state index in [1.165, 1.54) is 0 Å². The topological polar surface area (TPSA) is 67.4 Å². The minimum Gasteiger partial charge on any atom is -0.466 e. The predicted molar refractivity (Wildman–Crippen MR) is 63.1 cm³/mol. The lowest BCUT2D eigenvalue weighted by atomic mass is 10.3. The normalized spacial score (nSPS) is 24.1. The van der Waals surface area contributed by atoms with Crippen molar-refractivity contribution in [3.05, 3.63) is 0 Å². The van der Waals surface area contributed by atoms with E-state index in [9.17, 15) is 9.59 Å². The molecule has 1 aliphatic rings. The Morgan fingerprint density at radius 3 is 2.88 bits per heavy atom. The van der Waals surface area contributed by atoms with Crippen molar-refractivity contribution in [1.82, 2.24) is 10.6 Å². The van der Waals surface area contributed by atoms with Crippen LogP contribution in [0.25, 0.3) is 0 Å². The molecular formula is C10H18N2O3S. The molecule has 0 saturated carbocycles. The van der Waals surface area contributed by atoms with Crippen LogP contribution in [-0.4, -0.2) is 42.2 Å². The Morgan fingerprint density at radius 2 is 2.31 bits per heavy atom. The fourth-order valence-electron chi connectivity index (χ4n) is 1.42. The van der Waals surface area contributed by atoms with E-state index in [0.717, 1.165) is 5.75 Å². The van der Waals surface area contributed by atoms with Gasteiger partial charge in [-0.15, -0.1) is 11.8 Å². The number of rotatable bonds is 5. The number of carbonyl (C=O) groups is 2. The minimum atomic E-state index is -0.273. The molecule has 5 nitrogen and oxygen atoms in total. The SMILES string of the molecule is CCOC(=O)CCNC(=O)C1CSC(C)N1. The summed E-state index contributed by atoms with van der Waals surface area (Å²) in [5.74, 6) is 0.470. The van der Waals surface area contributed by atoms with Gasteiger partial charge in [-0.1, -0.05) is 0 Å². The number of thioether (sulfide) groups is 1. The lowest BCUT2D eigenvalue weighted by molar-refractivity contribution is -0.143. The van der Waals surface area contributed by atoms with Gasteiger partial charge in [0.25, 0.3) is 0 Å². The maximum absolute atomic E-state index is 11.6. The van der Waals surface area contributed by atoms with Crippen LogP contribution in [0.3, 0.4) is 0 Å². The van der Waals surface area contributed by atoms with Crippen LogP contribution >= 0.6 is 11.8 Å². The van der Waals surface area contributed by atoms with Crippen LogP contribution in [0.1, 0.15) is 20.3 Å². The molecule has 1 amide bonds. The molecule has 0 bridgehead atoms. The van der Waals surface area contributed by atoms with Gasteiger partial charge in [-0.25, -0.2) is 0 Å². The number of ether oxygens (including phenoxy) is 1. The first-order valence-corrected chi connectivity index (χ1v) is 6.49. The average molecular weight is 246 g/mol. The lowest BCUT2D eigenvalue weighted by Gasteiger charge is -2.11. The Balaban J connectivity index is 2.13. The van der Waals surface area contributed by atoms with Gasteiger partial charge in [0.2, 0.25) is 5.91 Å². The lowest BCUT2D eigenvalue weighted by Crippen LogP contribution is -2.44. The Bertz CT molecular complexity index is 260. The number of nitrogens with one attached hydrogen (secondary N) is 2. The van der Waals surface area contributed by atoms with Crippen molar-refractivity contribution in [3.8, 4) is 0 Å². The van der Waals surface area contributed by atoms with E-state index < -0.39 is 0 Å². The minimum absolute atomic E-state index is 0.0406. The van der Waals surface area contributed by atoms with E-state index in [4.69, 9.17) is 4.74 Å². The van der Waals surface area contributed by atoms with Crippen molar-refractivity contribution in [2.45, 2.75) is 31.7 Å². The number of esters is 1. The molecule has 1 fully saturated rings. The monoisotopic (exact) mass is 246 g/mol. The summed E-state index contributed by atoms with van der Waals surface area (Å²) in [6.45, 7) is 4.51. The van der Waals surface area contributed by atoms with Gasteiger partial charge < -0.3 is 10.1 Å². The molecule has 0 aromatic rings. The Morgan fingerprint density at radius 1 is 1.56 bits per heavy atom. The van der Waals surface area contributed by atoms with Crippen LogP contribution in [0, 0.1) is 0 Å². The van der Waals surface area contributed by atoms with Crippen molar-refractivity contribution in [3.63, 3.8) is 0 Å². The zero-order valence-corrected chi connectivity index (χ0v) is 10.4. The zero-order valence-electron chi connectivity index (χ0n) is 9.62. The summed E-state index contributed by atoms with van der Waals surface area (Å²) >= 11 is 1.72. The smallest absolute Gasteiger partial charge is 0.307 e. The number of amides is 1. The number of hydrogen-bond acceptors (Lipinski definition) is 5. The van der Waals surface area contributed by atoms with Crippen LogP contribution < -0.4 is 10.6 Å². The molecule has 0 aliphatic carbocycles. The molecule has 16 heavy (non-hydrogen) atoms. The molecule has 2 atom stereocenters. The highest BCUT2D eigenvalue weighted by atomic mass is 32.2. The van der Waals surface area contributed by atoms with Gasteiger partial charge >= 0.3 is 5.97 Å². The highest BCUT2D eigenvalue weighted by molar-refractivity contribution is 8.00. The molecule has 1 rings (SSSR count). The number of carbonyl (C=O) groups excluding carboxylic acids is 2. The van der Waals surface area contributed by atoms with E-state index >= 15 is 0 Å². The summed E-state index contributed by atoms with van der Waals surface area (Å²) in [7, 11) is 0. The first-order chi connectivity index (χ1) is 7.63. The summed E-state index contributed by atoms with van der Waals surface area (Å²) in [6.07, 6.45) is 0.231. The van der Waals surface area contributed by atoms with Crippen molar-refractivity contribution < 1.29 is 14.3 Å². The molecule has 2 N–H and O–H groups in total. The molecule has 0 spiro atoms. The summed E-state index contributed by atoms with van der Waals surface area (Å²) in [6, 6.07) is -0.137. The largest absolute Gasteiger partial charge is 0.466 e. The van der Waals surface area contributed by atoms with Crippen LogP contribution in [0.15, 0.2) is 0 Å². The third-order valence-corrected chi connectivity index (χ3v) is 3.36. The summed E-state index contributed by atoms with van der Waals surface area (Å²) in [5, 5.41) is 6.19. The molecule has 6 heteroatoms. The maximum Gasteiger partial charge on any atom is 0.307 e. The van der Waals surface area contributed by atoms with Gasteiger partial charge in [-0.3, -0.25) is 14.9 Å². The fourth-order valence-corrected chi connectivity index (χ4v) is 2.40. The van der Waals surface area contributed by atoms with Gasteiger partial charge in [-0.05, 0) is 13.8 Å². The van der Waals surface area contributed by atoms with Gasteiger partial charge in [0.05, 0.1) is 24.4 Å². The Hall–Kier alpha value is -0.750. The molecule has 1 aliphatic heterocycles. The molecular weight excluding hydrogens is 228 g/mol. The predicted octanol–water partition coefficient (Wildman–Crippen LogP) is 0.107. The number of hydrogen-bond donors (Lipinski definition) is 2. The van der Waals surface area contributed by atoms with Crippen LogP contribution in [0.4, 0.5) is 0 Å². The maximum atomic E-state index is 11.6. The van der Waals surface area contributed by atoms with Gasteiger partial charge in [0, 0.05) is 12.3 Å². The van der Waals surface area contributed by atoms with Crippen molar-refractivity contribution in [2.75, 3.05) is 18.9 Å². The van der Waals surface area contributed by atoms with E-state index in [1.807, 2.05) is 6.92 Å². The average Bonchev–Trinajstić information content (AvgIpc) is 2.65. The molecule has 0 aromatic carbocycles. The molecule has 0 radical (unpaired) electrons. The molecule has 1 saturated heterocycles. The second kappa shape index (κ2) is 6.75. The second-order valence-corrected chi connectivity index (χ2v) is 4.91. The van der Waals surface area contributed by atoms with E-state index in [1.54, 1.807) is 18.7 Å². The highest BCUT2D eigenvalue weighted by Crippen LogP contribution is 2.17. The fraction of sp³-hybridized carbons (Fsp3) is 0.800. The summed E-state index contributed by atoms with van der Waals surface area (Å²) in [5.41, 5.74) is 0. The van der Waals surface area contributed by atoms with E-state index in [2.05, 4.69) is 10.6 Å². The Kier molecular flexibility index (Phi) is 5.62. The molecule has 92 valence electrons. The first-order valence-electron chi connectivity index (χ1n) is 5.44. The highest BCUT2D eigenvalue weighted by Gasteiger charge is 2.26. The summed E-state index contributed by atoms with van der Waals surface area (Å²) in [4.78, 5) is 22.6. The van der Waals surface area contributed by atoms with E-state index in [0.29, 0.717) is 18.5 Å². The van der Waals surface area contributed by atoms with E-state index in [-0.39, 0.29) is 24.3 Å². The van der Waals surface area contributed by atoms with Crippen LogP contribution in [0.2, 0.25) is 0 Å². The van der Waals surface area contributed by atoms with Gasteiger partial charge in [0.15, 0.2) is 0 Å². The standard InChI is InChI=1S/C10H18N2O3S/c1-3-15-9(13)4-5-11-10(14)8-6-16-7(2)12-8/h7-8,12H,3-6H2,1-2H3,(H,11,14). The van der Waals surface area contributed by atoms with Crippen LogP contribution in [0.5, 0.6) is 0 Å². The Labute approximate surface area is 99.7 Å². The quantitative estimate of drug-likeness (QED) is 0.674.